The number of rotatable bonds is 4. The average molecular weight is 575 g/mol. The summed E-state index contributed by atoms with van der Waals surface area (Å²) in [4.78, 5) is 36.3. The molecule has 0 bridgehead atoms. The minimum Gasteiger partial charge on any atom is -0.295 e. The minimum absolute atomic E-state index is 0.202. The lowest BCUT2D eigenvalue weighted by atomic mass is 9.86. The van der Waals surface area contributed by atoms with Gasteiger partial charge in [0, 0.05) is 43.2 Å². The Hall–Kier alpha value is -5.13. The first-order chi connectivity index (χ1) is 20.9. The minimum atomic E-state index is -0.350. The largest absolute Gasteiger partial charge is 0.295 e. The Labute approximate surface area is 253 Å². The molecule has 8 rings (SSSR count). The normalized spacial score (nSPS) is 14.5. The van der Waals surface area contributed by atoms with Gasteiger partial charge in [0.15, 0.2) is 11.6 Å². The number of carbonyl (C=O) groups excluding carboxylic acids is 2. The number of hydrogen-bond donors (Lipinski definition) is 0. The molecule has 5 heteroatoms. The van der Waals surface area contributed by atoms with Gasteiger partial charge in [-0.25, -0.2) is 4.98 Å². The van der Waals surface area contributed by atoms with E-state index in [1.165, 1.54) is 0 Å². The molecule has 2 aromatic heterocycles. The highest BCUT2D eigenvalue weighted by atomic mass is 32.1. The third-order valence-electron chi connectivity index (χ3n) is 8.55. The smallest absolute Gasteiger partial charge is 0.197 e. The Morgan fingerprint density at radius 2 is 1.23 bits per heavy atom. The molecule has 0 amide bonds. The van der Waals surface area contributed by atoms with Crippen LogP contribution in [-0.2, 0) is 5.41 Å². The van der Waals surface area contributed by atoms with E-state index in [9.17, 15) is 9.59 Å². The lowest BCUT2D eigenvalue weighted by Gasteiger charge is -2.26. The molecule has 4 nitrogen and oxygen atoms in total. The maximum absolute atomic E-state index is 13.4. The SMILES string of the molecule is CC1(C)c2cc(C=C3C(=O)c4cc5ccccc5cc4C3=O)sc2-c2ccc(N(c3ccccc3)c3ccccc3)nc21. The second-order valence-electron chi connectivity index (χ2n) is 11.5. The van der Waals surface area contributed by atoms with Gasteiger partial charge in [0.25, 0.3) is 0 Å². The summed E-state index contributed by atoms with van der Waals surface area (Å²) in [5, 5.41) is 1.92. The third kappa shape index (κ3) is 3.93. The molecular weight excluding hydrogens is 548 g/mol. The van der Waals surface area contributed by atoms with Crippen LogP contribution in [0, 0.1) is 0 Å². The predicted octanol–water partition coefficient (Wildman–Crippen LogP) is 9.53. The second kappa shape index (κ2) is 9.45. The lowest BCUT2D eigenvalue weighted by Crippen LogP contribution is -2.19. The Balaban J connectivity index is 1.19. The molecule has 0 N–H and O–H groups in total. The Morgan fingerprint density at radius 3 is 1.81 bits per heavy atom. The first-order valence-corrected chi connectivity index (χ1v) is 15.1. The van der Waals surface area contributed by atoms with Crippen molar-refractivity contribution in [2.45, 2.75) is 19.3 Å². The van der Waals surface area contributed by atoms with Gasteiger partial charge in [-0.1, -0.05) is 74.5 Å². The Kier molecular flexibility index (Phi) is 5.62. The van der Waals surface area contributed by atoms with Crippen molar-refractivity contribution >= 4 is 56.9 Å². The number of Topliss-reactive ketones (excluding diaryl/α,β-unsaturated/α-hetero) is 2. The van der Waals surface area contributed by atoms with Gasteiger partial charge in [-0.2, -0.15) is 0 Å². The number of carbonyl (C=O) groups is 2. The molecule has 0 aliphatic heterocycles. The van der Waals surface area contributed by atoms with Gasteiger partial charge in [0.2, 0.25) is 0 Å². The number of pyridine rings is 1. The van der Waals surface area contributed by atoms with E-state index >= 15 is 0 Å². The molecule has 2 aliphatic carbocycles. The molecule has 0 fully saturated rings. The Morgan fingerprint density at radius 1 is 0.674 bits per heavy atom. The maximum atomic E-state index is 13.4. The van der Waals surface area contributed by atoms with Crippen molar-refractivity contribution in [1.82, 2.24) is 4.98 Å². The van der Waals surface area contributed by atoms with Crippen molar-refractivity contribution in [3.05, 3.63) is 148 Å². The summed E-state index contributed by atoms with van der Waals surface area (Å²) < 4.78 is 0. The van der Waals surface area contributed by atoms with E-state index in [4.69, 9.17) is 4.98 Å². The summed E-state index contributed by atoms with van der Waals surface area (Å²) in [7, 11) is 0. The van der Waals surface area contributed by atoms with E-state index in [0.29, 0.717) is 11.1 Å². The van der Waals surface area contributed by atoms with Crippen molar-refractivity contribution in [2.75, 3.05) is 4.90 Å². The number of nitrogens with zero attached hydrogens (tertiary/aromatic N) is 2. The number of aromatic nitrogens is 1. The van der Waals surface area contributed by atoms with E-state index in [-0.39, 0.29) is 22.6 Å². The van der Waals surface area contributed by atoms with E-state index in [1.807, 2.05) is 72.8 Å². The van der Waals surface area contributed by atoms with Gasteiger partial charge in [0.05, 0.1) is 11.3 Å². The molecule has 2 aliphatic rings. The average Bonchev–Trinajstić information content (AvgIpc) is 3.63. The summed E-state index contributed by atoms with van der Waals surface area (Å²) in [6.45, 7) is 4.39. The number of ketones is 2. The summed E-state index contributed by atoms with van der Waals surface area (Å²) in [6, 6.07) is 38.4. The van der Waals surface area contributed by atoms with Crippen LogP contribution in [0.5, 0.6) is 0 Å². The van der Waals surface area contributed by atoms with Crippen LogP contribution < -0.4 is 4.90 Å². The van der Waals surface area contributed by atoms with Crippen LogP contribution in [0.1, 0.15) is 50.7 Å². The van der Waals surface area contributed by atoms with Gasteiger partial charge < -0.3 is 0 Å². The monoisotopic (exact) mass is 574 g/mol. The van der Waals surface area contributed by atoms with Crippen molar-refractivity contribution in [3.63, 3.8) is 0 Å². The highest BCUT2D eigenvalue weighted by molar-refractivity contribution is 7.16. The van der Waals surface area contributed by atoms with E-state index in [2.05, 4.69) is 61.2 Å². The maximum Gasteiger partial charge on any atom is 0.197 e. The van der Waals surface area contributed by atoms with Crippen LogP contribution >= 0.6 is 11.3 Å². The molecule has 0 saturated heterocycles. The summed E-state index contributed by atoms with van der Waals surface area (Å²) in [6.07, 6.45) is 1.78. The van der Waals surface area contributed by atoms with E-state index in [0.717, 1.165) is 54.5 Å². The predicted molar refractivity (Wildman–Crippen MR) is 175 cm³/mol. The van der Waals surface area contributed by atoms with Gasteiger partial charge in [0.1, 0.15) is 5.82 Å². The highest BCUT2D eigenvalue weighted by Gasteiger charge is 2.40. The summed E-state index contributed by atoms with van der Waals surface area (Å²) in [5.41, 5.74) is 6.23. The number of anilines is 3. The molecule has 0 radical (unpaired) electrons. The van der Waals surface area contributed by atoms with Crippen molar-refractivity contribution in [2.24, 2.45) is 0 Å². The van der Waals surface area contributed by atoms with Crippen LogP contribution in [0.4, 0.5) is 17.2 Å². The fourth-order valence-corrected chi connectivity index (χ4v) is 7.64. The van der Waals surface area contributed by atoms with Gasteiger partial charge in [-0.15, -0.1) is 11.3 Å². The first kappa shape index (κ1) is 25.6. The zero-order valence-electron chi connectivity index (χ0n) is 23.7. The van der Waals surface area contributed by atoms with Gasteiger partial charge in [-0.05, 0) is 77.0 Å². The first-order valence-electron chi connectivity index (χ1n) is 14.3. The molecule has 206 valence electrons. The molecular formula is C38H26N2O2S. The zero-order valence-corrected chi connectivity index (χ0v) is 24.5. The molecule has 0 spiro atoms. The molecule has 2 heterocycles. The second-order valence-corrected chi connectivity index (χ2v) is 12.6. The van der Waals surface area contributed by atoms with Crippen molar-refractivity contribution in [3.8, 4) is 10.4 Å². The van der Waals surface area contributed by atoms with Crippen LogP contribution in [0.2, 0.25) is 0 Å². The molecule has 0 unspecified atom stereocenters. The molecule has 43 heavy (non-hydrogen) atoms. The number of benzene rings is 4. The van der Waals surface area contributed by atoms with Gasteiger partial charge >= 0.3 is 0 Å². The molecule has 4 aromatic carbocycles. The van der Waals surface area contributed by atoms with Crippen molar-refractivity contribution in [1.29, 1.82) is 0 Å². The fourth-order valence-electron chi connectivity index (χ4n) is 6.36. The number of hydrogen-bond acceptors (Lipinski definition) is 5. The number of fused-ring (bicyclic) bond motifs is 5. The summed E-state index contributed by atoms with van der Waals surface area (Å²) in [5.74, 6) is 0.452. The molecule has 0 saturated carbocycles. The van der Waals surface area contributed by atoms with Crippen LogP contribution in [-0.4, -0.2) is 16.6 Å². The van der Waals surface area contributed by atoms with E-state index in [1.54, 1.807) is 17.4 Å². The van der Waals surface area contributed by atoms with Crippen LogP contribution in [0.15, 0.2) is 121 Å². The number of para-hydroxylation sites is 2. The standard InChI is InChI=1S/C38H26N2O2S/c1-38(2)32-22-27(21-31-34(41)29-19-23-11-9-10-12-24(23)20-30(29)35(31)42)43-36(32)28-17-18-33(39-37(28)38)40(25-13-5-3-6-14-25)26-15-7-4-8-16-26/h3-22H,1-2H3. The fraction of sp³-hybridized carbons (Fsp3) is 0.0789. The summed E-state index contributed by atoms with van der Waals surface area (Å²) >= 11 is 1.61. The van der Waals surface area contributed by atoms with Crippen LogP contribution in [0.3, 0.4) is 0 Å². The molecule has 6 aromatic rings. The topological polar surface area (TPSA) is 50.3 Å². The van der Waals surface area contributed by atoms with Crippen LogP contribution in [0.25, 0.3) is 27.3 Å². The quantitative estimate of drug-likeness (QED) is 0.155. The van der Waals surface area contributed by atoms with Crippen molar-refractivity contribution < 1.29 is 9.59 Å². The van der Waals surface area contributed by atoms with E-state index < -0.39 is 0 Å². The van der Waals surface area contributed by atoms with Gasteiger partial charge in [-0.3, -0.25) is 14.5 Å². The molecule has 0 atom stereocenters. The highest BCUT2D eigenvalue weighted by Crippen LogP contribution is 2.53. The zero-order chi connectivity index (χ0) is 29.3. The number of thiophene rings is 1. The third-order valence-corrected chi connectivity index (χ3v) is 9.67. The number of allylic oxidation sites excluding steroid dienone is 1. The lowest BCUT2D eigenvalue weighted by molar-refractivity contribution is 0.0990. The Bertz CT molecular complexity index is 2050.